The van der Waals surface area contributed by atoms with Crippen LogP contribution in [0.15, 0.2) is 23.3 Å². The number of ether oxygens (including phenoxy) is 3. The minimum atomic E-state index is -1.13. The molecule has 1 saturated carbocycles. The molecule has 0 amide bonds. The van der Waals surface area contributed by atoms with Gasteiger partial charge in [0.15, 0.2) is 5.78 Å². The highest BCUT2D eigenvalue weighted by Crippen LogP contribution is 2.52. The molecule has 2 aliphatic carbocycles. The topological polar surface area (TPSA) is 116 Å². The van der Waals surface area contributed by atoms with Gasteiger partial charge in [-0.3, -0.25) is 19.2 Å². The number of allylic oxidation sites excluding steroid dienone is 3. The van der Waals surface area contributed by atoms with Gasteiger partial charge in [0.05, 0.1) is 24.5 Å². The van der Waals surface area contributed by atoms with Gasteiger partial charge in [0.25, 0.3) is 0 Å². The second-order valence-electron chi connectivity index (χ2n) is 10.1. The van der Waals surface area contributed by atoms with Crippen LogP contribution in [0.5, 0.6) is 0 Å². The van der Waals surface area contributed by atoms with E-state index >= 15 is 0 Å². The summed E-state index contributed by atoms with van der Waals surface area (Å²) in [6.45, 7) is 10.2. The fraction of sp³-hybridized carbons (Fsp3) is 0.704. The number of Topliss-reactive ketones (excluding diaryl/α,β-unsaturated/α-hetero) is 1. The van der Waals surface area contributed by atoms with Crippen molar-refractivity contribution in [2.75, 3.05) is 7.11 Å². The number of methoxy groups -OCH3 is 1. The Morgan fingerprint density at radius 2 is 1.86 bits per heavy atom. The van der Waals surface area contributed by atoms with Gasteiger partial charge in [0.1, 0.15) is 12.2 Å². The molecule has 1 fully saturated rings. The van der Waals surface area contributed by atoms with Gasteiger partial charge >= 0.3 is 17.9 Å². The Hall–Kier alpha value is -2.48. The van der Waals surface area contributed by atoms with E-state index in [-0.39, 0.29) is 30.2 Å². The highest BCUT2D eigenvalue weighted by molar-refractivity contribution is 6.02. The van der Waals surface area contributed by atoms with Crippen LogP contribution in [-0.2, 0) is 33.4 Å². The lowest BCUT2D eigenvalue weighted by atomic mass is 9.54. The van der Waals surface area contributed by atoms with Gasteiger partial charge in [0, 0.05) is 31.3 Å². The van der Waals surface area contributed by atoms with Crippen LogP contribution in [0.3, 0.4) is 0 Å². The van der Waals surface area contributed by atoms with E-state index < -0.39 is 53.4 Å². The summed E-state index contributed by atoms with van der Waals surface area (Å²) in [5.74, 6) is -4.10. The van der Waals surface area contributed by atoms with Gasteiger partial charge < -0.3 is 19.3 Å². The molecule has 2 rings (SSSR count). The molecular weight excluding hydrogens is 452 g/mol. The predicted molar refractivity (Wildman–Crippen MR) is 129 cm³/mol. The molecule has 196 valence electrons. The molecule has 8 nitrogen and oxygen atoms in total. The third-order valence-corrected chi connectivity index (χ3v) is 7.62. The van der Waals surface area contributed by atoms with E-state index in [4.69, 9.17) is 14.2 Å². The molecule has 0 bridgehead atoms. The Labute approximate surface area is 208 Å². The summed E-state index contributed by atoms with van der Waals surface area (Å²) in [5.41, 5.74) is 0.0616. The highest BCUT2D eigenvalue weighted by atomic mass is 16.6. The van der Waals surface area contributed by atoms with Crippen LogP contribution in [0.4, 0.5) is 0 Å². The SMILES string of the molecule is CCCC(=O)OC1CC/C(C)=C\C=C(/[C@@H](C)C(=O)OC)C(=O)[C@H]2[C@H](C)[C@H](O)C[C@H](OC(C)=O)[C@]12C. The van der Waals surface area contributed by atoms with Gasteiger partial charge in [0.2, 0.25) is 0 Å². The van der Waals surface area contributed by atoms with Gasteiger partial charge in [-0.05, 0) is 39.0 Å². The van der Waals surface area contributed by atoms with E-state index in [1.807, 2.05) is 13.8 Å². The van der Waals surface area contributed by atoms with Crippen molar-refractivity contribution in [1.82, 2.24) is 0 Å². The van der Waals surface area contributed by atoms with Crippen LogP contribution in [-0.4, -0.2) is 54.2 Å². The van der Waals surface area contributed by atoms with E-state index in [1.54, 1.807) is 32.9 Å². The Morgan fingerprint density at radius 3 is 2.43 bits per heavy atom. The van der Waals surface area contributed by atoms with Crippen LogP contribution >= 0.6 is 0 Å². The fourth-order valence-corrected chi connectivity index (χ4v) is 5.50. The summed E-state index contributed by atoms with van der Waals surface area (Å²) in [6.07, 6.45) is 2.85. The first-order chi connectivity index (χ1) is 16.4. The largest absolute Gasteiger partial charge is 0.469 e. The minimum absolute atomic E-state index is 0.114. The molecule has 0 heterocycles. The molecule has 0 aromatic carbocycles. The zero-order valence-electron chi connectivity index (χ0n) is 22.0. The molecule has 7 atom stereocenters. The number of carbonyl (C=O) groups is 4. The molecule has 8 heteroatoms. The lowest BCUT2D eigenvalue weighted by Gasteiger charge is -2.53. The molecule has 0 radical (unpaired) electrons. The number of fused-ring (bicyclic) bond motifs is 1. The van der Waals surface area contributed by atoms with Gasteiger partial charge in [-0.25, -0.2) is 0 Å². The average molecular weight is 493 g/mol. The third kappa shape index (κ3) is 6.21. The summed E-state index contributed by atoms with van der Waals surface area (Å²) in [4.78, 5) is 51.4. The Kier molecular flexibility index (Phi) is 9.84. The number of esters is 3. The van der Waals surface area contributed by atoms with Crippen molar-refractivity contribution >= 4 is 23.7 Å². The predicted octanol–water partition coefficient (Wildman–Crippen LogP) is 3.70. The first kappa shape index (κ1) is 28.8. The average Bonchev–Trinajstić information content (AvgIpc) is 2.78. The molecule has 2 aliphatic rings. The lowest BCUT2D eigenvalue weighted by molar-refractivity contribution is -0.205. The molecule has 1 unspecified atom stereocenters. The van der Waals surface area contributed by atoms with Gasteiger partial charge in [-0.1, -0.05) is 38.5 Å². The Morgan fingerprint density at radius 1 is 1.20 bits per heavy atom. The van der Waals surface area contributed by atoms with E-state index in [0.29, 0.717) is 19.3 Å². The number of carbonyl (C=O) groups excluding carboxylic acids is 4. The molecule has 1 N–H and O–H groups in total. The maximum absolute atomic E-state index is 14.2. The quantitative estimate of drug-likeness (QED) is 0.441. The number of ketones is 1. The van der Waals surface area contributed by atoms with Crippen LogP contribution < -0.4 is 0 Å². The summed E-state index contributed by atoms with van der Waals surface area (Å²) < 4.78 is 16.6. The fourth-order valence-electron chi connectivity index (χ4n) is 5.50. The number of aliphatic hydroxyl groups excluding tert-OH is 1. The number of rotatable bonds is 6. The second-order valence-corrected chi connectivity index (χ2v) is 10.1. The zero-order chi connectivity index (χ0) is 26.5. The van der Waals surface area contributed by atoms with Crippen molar-refractivity contribution in [3.8, 4) is 0 Å². The Bertz CT molecular complexity index is 888. The van der Waals surface area contributed by atoms with Crippen molar-refractivity contribution in [2.24, 2.45) is 23.2 Å². The lowest BCUT2D eigenvalue weighted by Crippen LogP contribution is -2.61. The minimum Gasteiger partial charge on any atom is -0.469 e. The first-order valence-corrected chi connectivity index (χ1v) is 12.4. The molecule has 35 heavy (non-hydrogen) atoms. The van der Waals surface area contributed by atoms with E-state index in [1.165, 1.54) is 14.0 Å². The maximum Gasteiger partial charge on any atom is 0.312 e. The molecule has 0 saturated heterocycles. The normalized spacial score (nSPS) is 35.3. The van der Waals surface area contributed by atoms with E-state index in [2.05, 4.69) is 0 Å². The number of aliphatic hydroxyl groups is 1. The van der Waals surface area contributed by atoms with Crippen molar-refractivity contribution in [2.45, 2.75) is 92.0 Å². The van der Waals surface area contributed by atoms with E-state index in [9.17, 15) is 24.3 Å². The summed E-state index contributed by atoms with van der Waals surface area (Å²) in [6, 6.07) is 0. The molecule has 0 aromatic rings. The third-order valence-electron chi connectivity index (χ3n) is 7.62. The van der Waals surface area contributed by atoms with Crippen LogP contribution in [0.1, 0.15) is 73.6 Å². The summed E-state index contributed by atoms with van der Waals surface area (Å²) in [5, 5.41) is 10.9. The van der Waals surface area contributed by atoms with Crippen LogP contribution in [0.25, 0.3) is 0 Å². The summed E-state index contributed by atoms with van der Waals surface area (Å²) in [7, 11) is 1.27. The van der Waals surface area contributed by atoms with Crippen LogP contribution in [0.2, 0.25) is 0 Å². The smallest absolute Gasteiger partial charge is 0.312 e. The highest BCUT2D eigenvalue weighted by Gasteiger charge is 2.60. The van der Waals surface area contributed by atoms with Crippen molar-refractivity contribution < 1.29 is 38.5 Å². The second kappa shape index (κ2) is 12.0. The van der Waals surface area contributed by atoms with Gasteiger partial charge in [-0.2, -0.15) is 0 Å². The molecule has 0 spiro atoms. The number of hydrogen-bond acceptors (Lipinski definition) is 8. The van der Waals surface area contributed by atoms with Gasteiger partial charge in [-0.15, -0.1) is 0 Å². The monoisotopic (exact) mass is 492 g/mol. The Balaban J connectivity index is 2.76. The summed E-state index contributed by atoms with van der Waals surface area (Å²) >= 11 is 0. The van der Waals surface area contributed by atoms with Crippen molar-refractivity contribution in [3.63, 3.8) is 0 Å². The molecule has 0 aromatic heterocycles. The standard InChI is InChI=1S/C27H40O8/c1-8-9-23(30)35-21-13-11-15(2)10-12-19(16(3)26(32)33-7)25(31)24-17(4)20(29)14-22(27(21,24)6)34-18(5)28/h10,12,16-17,20-22,24,29H,8-9,11,13-14H2,1-7H3/b15-10-,19-12+/t16-,17-,20-,21?,22+,24-,27+/m1/s1. The molecular formula is C27H40O8. The van der Waals surface area contributed by atoms with E-state index in [0.717, 1.165) is 5.57 Å². The van der Waals surface area contributed by atoms with Crippen LogP contribution in [0, 0.1) is 23.2 Å². The van der Waals surface area contributed by atoms with Crippen molar-refractivity contribution in [3.05, 3.63) is 23.3 Å². The zero-order valence-corrected chi connectivity index (χ0v) is 22.0. The first-order valence-electron chi connectivity index (χ1n) is 12.4. The maximum atomic E-state index is 14.2. The number of hydrogen-bond donors (Lipinski definition) is 1. The molecule has 0 aliphatic heterocycles. The van der Waals surface area contributed by atoms with Crippen molar-refractivity contribution in [1.29, 1.82) is 0 Å².